The average molecular weight is 288 g/mol. The van der Waals surface area contributed by atoms with E-state index in [1.54, 1.807) is 0 Å². The first-order chi connectivity index (χ1) is 8.72. The van der Waals surface area contributed by atoms with Crippen molar-refractivity contribution in [3.63, 3.8) is 0 Å². The van der Waals surface area contributed by atoms with E-state index in [1.165, 1.54) is 10.8 Å². The molecule has 0 spiro atoms. The number of hydrogen-bond donors (Lipinski definition) is 0. The summed E-state index contributed by atoms with van der Waals surface area (Å²) in [7, 11) is -1.84. The summed E-state index contributed by atoms with van der Waals surface area (Å²) in [5.41, 5.74) is 6.30. The van der Waals surface area contributed by atoms with Crippen LogP contribution in [0.2, 0.25) is 30.7 Å². The third kappa shape index (κ3) is 5.01. The Morgan fingerprint density at radius 1 is 0.947 bits per heavy atom. The average Bonchev–Trinajstić information content (AvgIpc) is 2.25. The maximum atomic E-state index is 3.52. The Hall–Kier alpha value is -0.786. The van der Waals surface area contributed by atoms with Crippen LogP contribution in [0.15, 0.2) is 24.3 Å². The van der Waals surface area contributed by atoms with E-state index in [0.29, 0.717) is 0 Å². The van der Waals surface area contributed by atoms with Gasteiger partial charge >= 0.3 is 0 Å². The van der Waals surface area contributed by atoms with Crippen molar-refractivity contribution in [2.24, 2.45) is 0 Å². The van der Waals surface area contributed by atoms with Gasteiger partial charge in [-0.3, -0.25) is 0 Å². The third-order valence-corrected chi connectivity index (χ3v) is 7.48. The van der Waals surface area contributed by atoms with E-state index in [0.717, 1.165) is 11.1 Å². The van der Waals surface area contributed by atoms with Crippen LogP contribution in [-0.2, 0) is 0 Å². The van der Waals surface area contributed by atoms with Gasteiger partial charge in [-0.2, -0.15) is 0 Å². The topological polar surface area (TPSA) is 0 Å². The molecule has 0 amide bonds. The molecule has 103 valence electrons. The minimum Gasteiger partial charge on any atom is -0.127 e. The largest absolute Gasteiger partial charge is 0.129 e. The molecular weight excluding hydrogens is 260 g/mol. The first kappa shape index (κ1) is 16.3. The standard InChI is InChI=1S/C17H27Si2/c1-14(2)18(15(3)4)17-11-9-8-10-16(17)12-13-19(5,6)7/h8-11,14-15H,1-7H3. The molecular formula is C17H27Si2. The second-order valence-electron chi connectivity index (χ2n) is 6.81. The van der Waals surface area contributed by atoms with Crippen molar-refractivity contribution >= 4 is 22.1 Å². The normalized spacial score (nSPS) is 11.9. The lowest BCUT2D eigenvalue weighted by Crippen LogP contribution is -2.37. The summed E-state index contributed by atoms with van der Waals surface area (Å²) in [5.74, 6) is 3.48. The summed E-state index contributed by atoms with van der Waals surface area (Å²) >= 11 is 0. The van der Waals surface area contributed by atoms with E-state index in [-0.39, 0.29) is 0 Å². The van der Waals surface area contributed by atoms with Crippen LogP contribution in [0.5, 0.6) is 0 Å². The minimum absolute atomic E-state index is 0.540. The Bertz CT molecular complexity index is 462. The fourth-order valence-electron chi connectivity index (χ4n) is 2.39. The second kappa shape index (κ2) is 6.59. The van der Waals surface area contributed by atoms with Crippen molar-refractivity contribution in [1.29, 1.82) is 0 Å². The molecule has 1 rings (SSSR count). The molecule has 0 saturated carbocycles. The van der Waals surface area contributed by atoms with Crippen LogP contribution < -0.4 is 5.19 Å². The van der Waals surface area contributed by atoms with Gasteiger partial charge in [0.25, 0.3) is 0 Å². The highest BCUT2D eigenvalue weighted by atomic mass is 28.3. The predicted molar refractivity (Wildman–Crippen MR) is 92.3 cm³/mol. The van der Waals surface area contributed by atoms with Gasteiger partial charge in [-0.05, 0) is 22.3 Å². The molecule has 0 aromatic heterocycles. The zero-order valence-electron chi connectivity index (χ0n) is 13.5. The van der Waals surface area contributed by atoms with Gasteiger partial charge in [-0.1, -0.05) is 71.5 Å². The summed E-state index contributed by atoms with van der Waals surface area (Å²) in [5, 5.41) is 1.53. The highest BCUT2D eigenvalue weighted by Crippen LogP contribution is 2.21. The van der Waals surface area contributed by atoms with Crippen molar-refractivity contribution in [2.75, 3.05) is 0 Å². The quantitative estimate of drug-likeness (QED) is 0.569. The molecule has 2 heteroatoms. The van der Waals surface area contributed by atoms with E-state index in [2.05, 4.69) is 83.1 Å². The van der Waals surface area contributed by atoms with Gasteiger partial charge in [0.2, 0.25) is 0 Å². The Labute approximate surface area is 122 Å². The first-order valence-corrected chi connectivity index (χ1v) is 12.4. The van der Waals surface area contributed by atoms with Gasteiger partial charge in [0.05, 0.1) is 8.80 Å². The van der Waals surface area contributed by atoms with Gasteiger partial charge in [-0.15, -0.1) is 5.54 Å². The molecule has 0 heterocycles. The monoisotopic (exact) mass is 287 g/mol. The lowest BCUT2D eigenvalue weighted by Gasteiger charge is -2.24. The van der Waals surface area contributed by atoms with Gasteiger partial charge < -0.3 is 0 Å². The summed E-state index contributed by atoms with van der Waals surface area (Å²) in [6.45, 7) is 16.3. The molecule has 0 saturated heterocycles. The van der Waals surface area contributed by atoms with E-state index < -0.39 is 16.9 Å². The molecule has 0 nitrogen and oxygen atoms in total. The van der Waals surface area contributed by atoms with E-state index in [4.69, 9.17) is 0 Å². The molecule has 0 bridgehead atoms. The van der Waals surface area contributed by atoms with Gasteiger partial charge in [-0.25, -0.2) is 0 Å². The molecule has 0 aliphatic heterocycles. The minimum atomic E-state index is -1.30. The molecule has 19 heavy (non-hydrogen) atoms. The fourth-order valence-corrected chi connectivity index (χ4v) is 6.22. The Kier molecular flexibility index (Phi) is 5.64. The number of benzene rings is 1. The highest BCUT2D eigenvalue weighted by molar-refractivity contribution is 6.84. The van der Waals surface area contributed by atoms with Crippen LogP contribution in [0.1, 0.15) is 33.3 Å². The molecule has 1 aromatic carbocycles. The predicted octanol–water partition coefficient (Wildman–Crippen LogP) is 4.44. The summed E-state index contributed by atoms with van der Waals surface area (Å²) < 4.78 is 0. The zero-order chi connectivity index (χ0) is 14.6. The van der Waals surface area contributed by atoms with Crippen LogP contribution in [0.3, 0.4) is 0 Å². The van der Waals surface area contributed by atoms with Crippen molar-refractivity contribution in [2.45, 2.75) is 58.4 Å². The molecule has 1 aromatic rings. The van der Waals surface area contributed by atoms with Crippen LogP contribution >= 0.6 is 0 Å². The van der Waals surface area contributed by atoms with E-state index >= 15 is 0 Å². The Balaban J connectivity index is 3.24. The second-order valence-corrected chi connectivity index (χ2v) is 15.3. The maximum absolute atomic E-state index is 3.52. The fraction of sp³-hybridized carbons (Fsp3) is 0.529. The smallest absolute Gasteiger partial charge is 0.127 e. The van der Waals surface area contributed by atoms with Gasteiger partial charge in [0, 0.05) is 5.56 Å². The lowest BCUT2D eigenvalue weighted by molar-refractivity contribution is 0.951. The van der Waals surface area contributed by atoms with Crippen LogP contribution in [-0.4, -0.2) is 16.9 Å². The number of rotatable bonds is 3. The SMILES string of the molecule is CC(C)[Si](c1ccccc1C#C[Si](C)(C)C)C(C)C. The van der Waals surface area contributed by atoms with Gasteiger partial charge in [0.15, 0.2) is 0 Å². The summed E-state index contributed by atoms with van der Waals surface area (Å²) in [6, 6.07) is 8.81. The van der Waals surface area contributed by atoms with Crippen LogP contribution in [0.25, 0.3) is 0 Å². The maximum Gasteiger partial charge on any atom is 0.129 e. The molecule has 0 fully saturated rings. The zero-order valence-corrected chi connectivity index (χ0v) is 15.5. The molecule has 1 radical (unpaired) electrons. The van der Waals surface area contributed by atoms with Crippen molar-refractivity contribution in [3.8, 4) is 11.5 Å². The van der Waals surface area contributed by atoms with E-state index in [9.17, 15) is 0 Å². The summed E-state index contributed by atoms with van der Waals surface area (Å²) in [6.07, 6.45) is 0. The number of hydrogen-bond acceptors (Lipinski definition) is 0. The molecule has 0 N–H and O–H groups in total. The van der Waals surface area contributed by atoms with E-state index in [1.807, 2.05) is 0 Å². The first-order valence-electron chi connectivity index (χ1n) is 7.21. The molecule has 0 unspecified atom stereocenters. The van der Waals surface area contributed by atoms with Crippen molar-refractivity contribution in [3.05, 3.63) is 29.8 Å². The third-order valence-electron chi connectivity index (χ3n) is 3.05. The van der Waals surface area contributed by atoms with Crippen molar-refractivity contribution in [1.82, 2.24) is 0 Å². The Morgan fingerprint density at radius 2 is 1.47 bits per heavy atom. The van der Waals surface area contributed by atoms with Crippen LogP contribution in [0, 0.1) is 11.5 Å². The molecule has 0 aliphatic carbocycles. The van der Waals surface area contributed by atoms with Crippen molar-refractivity contribution < 1.29 is 0 Å². The van der Waals surface area contributed by atoms with Crippen LogP contribution in [0.4, 0.5) is 0 Å². The highest BCUT2D eigenvalue weighted by Gasteiger charge is 2.24. The summed E-state index contributed by atoms with van der Waals surface area (Å²) in [4.78, 5) is 0. The lowest BCUT2D eigenvalue weighted by atomic mass is 10.2. The molecule has 0 aliphatic rings. The Morgan fingerprint density at radius 3 is 1.95 bits per heavy atom. The van der Waals surface area contributed by atoms with Gasteiger partial charge in [0.1, 0.15) is 8.07 Å². The molecule has 0 atom stereocenters.